The average Bonchev–Trinajstić information content (AvgIpc) is 2.55. The summed E-state index contributed by atoms with van der Waals surface area (Å²) < 4.78 is 5.20. The van der Waals surface area contributed by atoms with Gasteiger partial charge in [-0.15, -0.1) is 0 Å². The Morgan fingerprint density at radius 2 is 1.68 bits per heavy atom. The van der Waals surface area contributed by atoms with E-state index in [4.69, 9.17) is 16.2 Å². The van der Waals surface area contributed by atoms with Gasteiger partial charge in [-0.1, -0.05) is 30.3 Å². The molecule has 0 aromatic heterocycles. The van der Waals surface area contributed by atoms with Gasteiger partial charge in [-0.3, -0.25) is 0 Å². The van der Waals surface area contributed by atoms with Crippen LogP contribution >= 0.6 is 0 Å². The van der Waals surface area contributed by atoms with E-state index in [2.05, 4.69) is 4.99 Å². The number of methoxy groups -OCH3 is 1. The number of rotatable bonds is 3. The molecule has 1 aliphatic rings. The van der Waals surface area contributed by atoms with E-state index in [1.165, 1.54) is 0 Å². The number of amidine groups is 1. The van der Waals surface area contributed by atoms with Gasteiger partial charge in [0.05, 0.1) is 7.11 Å². The minimum absolute atomic E-state index is 0.278. The lowest BCUT2D eigenvalue weighted by atomic mass is 10.1. The molecule has 0 saturated heterocycles. The summed E-state index contributed by atoms with van der Waals surface area (Å²) in [6.07, 6.45) is 1.39. The average molecular weight is 294 g/mol. The number of hydrogen-bond donors (Lipinski definition) is 2. The summed E-state index contributed by atoms with van der Waals surface area (Å²) in [6, 6.07) is 17.6. The van der Waals surface area contributed by atoms with Crippen molar-refractivity contribution < 1.29 is 4.74 Å². The third-order valence-electron chi connectivity index (χ3n) is 3.54. The van der Waals surface area contributed by atoms with E-state index in [-0.39, 0.29) is 6.17 Å². The van der Waals surface area contributed by atoms with Crippen LogP contribution in [0.3, 0.4) is 0 Å². The minimum atomic E-state index is -0.278. The summed E-state index contributed by atoms with van der Waals surface area (Å²) >= 11 is 0. The smallest absolute Gasteiger partial charge is 0.154 e. The van der Waals surface area contributed by atoms with Crippen molar-refractivity contribution >= 4 is 11.5 Å². The Balaban J connectivity index is 2.03. The zero-order valence-electron chi connectivity index (χ0n) is 12.3. The van der Waals surface area contributed by atoms with E-state index >= 15 is 0 Å². The minimum Gasteiger partial charge on any atom is -0.497 e. The van der Waals surface area contributed by atoms with E-state index < -0.39 is 0 Å². The lowest BCUT2D eigenvalue weighted by Crippen LogP contribution is -2.36. The van der Waals surface area contributed by atoms with Crippen LogP contribution in [0.2, 0.25) is 0 Å². The first-order valence-electron chi connectivity index (χ1n) is 6.98. The van der Waals surface area contributed by atoms with Crippen molar-refractivity contribution in [3.63, 3.8) is 0 Å². The summed E-state index contributed by atoms with van der Waals surface area (Å²) in [4.78, 5) is 6.49. The first-order valence-corrected chi connectivity index (χ1v) is 6.98. The molecule has 5 nitrogen and oxygen atoms in total. The maximum atomic E-state index is 6.19. The third kappa shape index (κ3) is 2.61. The molecule has 0 bridgehead atoms. The maximum Gasteiger partial charge on any atom is 0.154 e. The summed E-state index contributed by atoms with van der Waals surface area (Å²) in [5, 5.41) is 0. The van der Waals surface area contributed by atoms with Gasteiger partial charge in [-0.25, -0.2) is 4.99 Å². The second kappa shape index (κ2) is 5.81. The van der Waals surface area contributed by atoms with Gasteiger partial charge in [0.2, 0.25) is 0 Å². The molecule has 0 aliphatic carbocycles. The van der Waals surface area contributed by atoms with Crippen LogP contribution in [0, 0.1) is 0 Å². The largest absolute Gasteiger partial charge is 0.497 e. The molecule has 2 aromatic carbocycles. The Morgan fingerprint density at radius 3 is 2.32 bits per heavy atom. The van der Waals surface area contributed by atoms with Crippen molar-refractivity contribution in [2.75, 3.05) is 12.0 Å². The van der Waals surface area contributed by atoms with Crippen molar-refractivity contribution in [1.82, 2.24) is 0 Å². The molecule has 1 heterocycles. The van der Waals surface area contributed by atoms with Crippen LogP contribution in [0.4, 0.5) is 5.69 Å². The standard InChI is InChI=1S/C17H18N4O/c1-22-14-9-7-13(8-10-14)21-16(19)11-15(18)20-17(21)12-5-3-2-4-6-12/h2-11,17H,19H2,1H3,(H2,18,20)/t17-/m0/s1. The highest BCUT2D eigenvalue weighted by molar-refractivity contribution is 5.94. The lowest BCUT2D eigenvalue weighted by Gasteiger charge is -2.34. The van der Waals surface area contributed by atoms with Crippen LogP contribution in [0.5, 0.6) is 5.75 Å². The molecular weight excluding hydrogens is 276 g/mol. The summed E-state index contributed by atoms with van der Waals surface area (Å²) in [6.45, 7) is 0. The molecule has 1 aliphatic heterocycles. The molecule has 0 spiro atoms. The number of nitrogens with two attached hydrogens (primary N) is 2. The van der Waals surface area contributed by atoms with Gasteiger partial charge in [-0.2, -0.15) is 0 Å². The van der Waals surface area contributed by atoms with Crippen LogP contribution in [0.15, 0.2) is 71.5 Å². The zero-order valence-corrected chi connectivity index (χ0v) is 12.3. The quantitative estimate of drug-likeness (QED) is 0.911. The molecule has 2 aromatic rings. The Labute approximate surface area is 129 Å². The van der Waals surface area contributed by atoms with Gasteiger partial charge in [0, 0.05) is 11.8 Å². The van der Waals surface area contributed by atoms with Crippen molar-refractivity contribution in [3.8, 4) is 5.75 Å². The van der Waals surface area contributed by atoms with Crippen molar-refractivity contribution in [2.45, 2.75) is 6.17 Å². The van der Waals surface area contributed by atoms with Gasteiger partial charge in [0.25, 0.3) is 0 Å². The van der Waals surface area contributed by atoms with E-state index in [1.54, 1.807) is 13.2 Å². The van der Waals surface area contributed by atoms with E-state index in [1.807, 2.05) is 59.5 Å². The molecule has 0 unspecified atom stereocenters. The number of hydrogen-bond acceptors (Lipinski definition) is 5. The number of ether oxygens (including phenoxy) is 1. The van der Waals surface area contributed by atoms with E-state index in [9.17, 15) is 0 Å². The number of anilines is 1. The number of aliphatic imine (C=N–C) groups is 1. The molecule has 0 radical (unpaired) electrons. The Morgan fingerprint density at radius 1 is 1.00 bits per heavy atom. The predicted molar refractivity (Wildman–Crippen MR) is 88.5 cm³/mol. The Bertz CT molecular complexity index is 707. The Hall–Kier alpha value is -2.95. The van der Waals surface area contributed by atoms with Gasteiger partial charge in [-0.05, 0) is 29.8 Å². The van der Waals surface area contributed by atoms with Gasteiger partial charge in [0.15, 0.2) is 6.17 Å². The summed E-state index contributed by atoms with van der Waals surface area (Å²) in [5.74, 6) is 1.78. The lowest BCUT2D eigenvalue weighted by molar-refractivity contribution is 0.415. The summed E-state index contributed by atoms with van der Waals surface area (Å²) in [7, 11) is 1.64. The van der Waals surface area contributed by atoms with Gasteiger partial charge in [0.1, 0.15) is 17.4 Å². The highest BCUT2D eigenvalue weighted by Crippen LogP contribution is 2.33. The Kier molecular flexibility index (Phi) is 3.70. The second-order valence-electron chi connectivity index (χ2n) is 4.98. The molecule has 0 fully saturated rings. The predicted octanol–water partition coefficient (Wildman–Crippen LogP) is 2.37. The van der Waals surface area contributed by atoms with Crippen molar-refractivity contribution in [1.29, 1.82) is 0 Å². The highest BCUT2D eigenvalue weighted by Gasteiger charge is 2.25. The maximum absolute atomic E-state index is 6.19. The normalized spacial score (nSPS) is 17.7. The molecule has 0 saturated carbocycles. The molecule has 112 valence electrons. The molecular formula is C17H18N4O. The summed E-state index contributed by atoms with van der Waals surface area (Å²) in [5.41, 5.74) is 14.0. The third-order valence-corrected chi connectivity index (χ3v) is 3.54. The molecule has 5 heteroatoms. The first kappa shape index (κ1) is 14.0. The number of benzene rings is 2. The van der Waals surface area contributed by atoms with Gasteiger partial charge < -0.3 is 21.1 Å². The topological polar surface area (TPSA) is 76.9 Å². The number of nitrogens with zero attached hydrogens (tertiary/aromatic N) is 2. The SMILES string of the molecule is COc1ccc(N2C(N)=CC(N)=N[C@@H]2c2ccccc2)cc1. The molecule has 1 atom stereocenters. The van der Waals surface area contributed by atoms with E-state index in [0.29, 0.717) is 11.7 Å². The molecule has 4 N–H and O–H groups in total. The van der Waals surface area contributed by atoms with Crippen molar-refractivity contribution in [2.24, 2.45) is 16.5 Å². The van der Waals surface area contributed by atoms with Crippen LogP contribution in [-0.4, -0.2) is 12.9 Å². The fraction of sp³-hybridized carbons (Fsp3) is 0.118. The van der Waals surface area contributed by atoms with E-state index in [0.717, 1.165) is 17.0 Å². The van der Waals surface area contributed by atoms with Crippen LogP contribution < -0.4 is 21.1 Å². The van der Waals surface area contributed by atoms with Crippen molar-refractivity contribution in [3.05, 3.63) is 72.1 Å². The van der Waals surface area contributed by atoms with Gasteiger partial charge >= 0.3 is 0 Å². The van der Waals surface area contributed by atoms with Crippen LogP contribution in [0.25, 0.3) is 0 Å². The van der Waals surface area contributed by atoms with Crippen LogP contribution in [-0.2, 0) is 0 Å². The molecule has 0 amide bonds. The fourth-order valence-electron chi connectivity index (χ4n) is 2.48. The van der Waals surface area contributed by atoms with Crippen LogP contribution in [0.1, 0.15) is 11.7 Å². The fourth-order valence-corrected chi connectivity index (χ4v) is 2.48. The highest BCUT2D eigenvalue weighted by atomic mass is 16.5. The monoisotopic (exact) mass is 294 g/mol. The first-order chi connectivity index (χ1) is 10.7. The zero-order chi connectivity index (χ0) is 15.5. The molecule has 3 rings (SSSR count). The second-order valence-corrected chi connectivity index (χ2v) is 4.98. The molecule has 22 heavy (non-hydrogen) atoms.